The molecule has 3 nitrogen and oxygen atoms in total. The number of benzene rings is 2. The summed E-state index contributed by atoms with van der Waals surface area (Å²) in [4.78, 5) is 11.6. The zero-order valence-electron chi connectivity index (χ0n) is 15.3. The lowest BCUT2D eigenvalue weighted by Gasteiger charge is -2.34. The minimum absolute atomic E-state index is 0.215. The Bertz CT molecular complexity index is 773. The van der Waals surface area contributed by atoms with Crippen LogP contribution in [0, 0.1) is 0 Å². The van der Waals surface area contributed by atoms with Gasteiger partial charge in [0.25, 0.3) is 0 Å². The maximum atomic E-state index is 11.6. The van der Waals surface area contributed by atoms with E-state index in [-0.39, 0.29) is 5.91 Å². The number of hydrogen-bond acceptors (Lipinski definition) is 2. The van der Waals surface area contributed by atoms with Gasteiger partial charge in [0, 0.05) is 5.69 Å². The van der Waals surface area contributed by atoms with Crippen LogP contribution in [0.4, 0.5) is 17.1 Å². The number of rotatable bonds is 5. The van der Waals surface area contributed by atoms with Crippen LogP contribution in [0.15, 0.2) is 61.2 Å². The summed E-state index contributed by atoms with van der Waals surface area (Å²) < 4.78 is 0. The molecule has 2 aromatic carbocycles. The van der Waals surface area contributed by atoms with Crippen LogP contribution in [-0.2, 0) is 4.79 Å². The van der Waals surface area contributed by atoms with Crippen molar-refractivity contribution < 1.29 is 4.79 Å². The maximum absolute atomic E-state index is 11.6. The van der Waals surface area contributed by atoms with E-state index in [2.05, 4.69) is 57.6 Å². The van der Waals surface area contributed by atoms with Crippen molar-refractivity contribution >= 4 is 32.2 Å². The molecule has 0 aromatic heterocycles. The summed E-state index contributed by atoms with van der Waals surface area (Å²) in [5, 5.41) is 6.64. The molecule has 1 saturated carbocycles. The molecule has 3 rings (SSSR count). The Morgan fingerprint density at radius 3 is 2.35 bits per heavy atom. The third kappa shape index (κ3) is 4.74. The van der Waals surface area contributed by atoms with E-state index in [1.165, 1.54) is 37.3 Å². The number of carbonyl (C=O) groups is 1. The van der Waals surface area contributed by atoms with Crippen molar-refractivity contribution in [1.82, 2.24) is 0 Å². The molecule has 2 aromatic rings. The molecule has 26 heavy (non-hydrogen) atoms. The standard InChI is InChI=1S/C22H27N2OP/c1-3-21(25)24-20-7-5-4-6-19(20)23-18-10-8-16(9-11-18)17-12-14-22(2,26)15-13-17/h3-11,17,23H,1,12-15,26H2,2H3,(H,24,25). The van der Waals surface area contributed by atoms with E-state index >= 15 is 0 Å². The number of hydrogen-bond donors (Lipinski definition) is 2. The second-order valence-electron chi connectivity index (χ2n) is 7.41. The molecule has 2 N–H and O–H groups in total. The number of amides is 1. The van der Waals surface area contributed by atoms with E-state index in [1.54, 1.807) is 0 Å². The molecule has 0 bridgehead atoms. The second-order valence-corrected chi connectivity index (χ2v) is 8.81. The summed E-state index contributed by atoms with van der Waals surface area (Å²) in [6.45, 7) is 5.84. The van der Waals surface area contributed by atoms with Crippen molar-refractivity contribution in [3.05, 3.63) is 66.7 Å². The molecule has 1 aliphatic rings. The molecule has 4 heteroatoms. The highest BCUT2D eigenvalue weighted by molar-refractivity contribution is 7.18. The number of nitrogens with one attached hydrogen (secondary N) is 2. The molecule has 0 saturated heterocycles. The molecule has 0 aliphatic heterocycles. The third-order valence-electron chi connectivity index (χ3n) is 5.16. The first-order valence-electron chi connectivity index (χ1n) is 9.15. The van der Waals surface area contributed by atoms with Crippen molar-refractivity contribution in [2.75, 3.05) is 10.6 Å². The van der Waals surface area contributed by atoms with Gasteiger partial charge >= 0.3 is 0 Å². The normalized spacial score (nSPS) is 22.5. The molecule has 0 spiro atoms. The van der Waals surface area contributed by atoms with Crippen LogP contribution in [-0.4, -0.2) is 11.1 Å². The quantitative estimate of drug-likeness (QED) is 0.515. The number of anilines is 3. The lowest BCUT2D eigenvalue weighted by molar-refractivity contribution is -0.111. The van der Waals surface area contributed by atoms with E-state index in [0.29, 0.717) is 11.1 Å². The van der Waals surface area contributed by atoms with Crippen molar-refractivity contribution in [1.29, 1.82) is 0 Å². The van der Waals surface area contributed by atoms with Crippen LogP contribution in [0.2, 0.25) is 0 Å². The van der Waals surface area contributed by atoms with Crippen LogP contribution < -0.4 is 10.6 Å². The molecule has 0 radical (unpaired) electrons. The van der Waals surface area contributed by atoms with Gasteiger partial charge in [0.05, 0.1) is 11.4 Å². The molecule has 0 heterocycles. The predicted octanol–water partition coefficient (Wildman–Crippen LogP) is 5.85. The van der Waals surface area contributed by atoms with Gasteiger partial charge in [-0.05, 0) is 72.7 Å². The van der Waals surface area contributed by atoms with Crippen molar-refractivity contribution in [3.8, 4) is 0 Å². The van der Waals surface area contributed by atoms with Crippen LogP contribution in [0.1, 0.15) is 44.1 Å². The van der Waals surface area contributed by atoms with Crippen LogP contribution in [0.25, 0.3) is 0 Å². The molecule has 1 unspecified atom stereocenters. The van der Waals surface area contributed by atoms with Gasteiger partial charge in [-0.15, -0.1) is 9.24 Å². The largest absolute Gasteiger partial charge is 0.354 e. The fourth-order valence-corrected chi connectivity index (χ4v) is 3.82. The Hall–Kier alpha value is -2.12. The highest BCUT2D eigenvalue weighted by Crippen LogP contribution is 2.42. The third-order valence-corrected chi connectivity index (χ3v) is 5.74. The average Bonchev–Trinajstić information content (AvgIpc) is 2.64. The first-order chi connectivity index (χ1) is 12.5. The SMILES string of the molecule is C=CC(=O)Nc1ccccc1Nc1ccc(C2CCC(C)(P)CC2)cc1. The van der Waals surface area contributed by atoms with Crippen LogP contribution >= 0.6 is 9.24 Å². The maximum Gasteiger partial charge on any atom is 0.247 e. The van der Waals surface area contributed by atoms with E-state index in [4.69, 9.17) is 0 Å². The molecule has 1 amide bonds. The summed E-state index contributed by atoms with van der Waals surface area (Å²) in [6, 6.07) is 16.4. The Kier molecular flexibility index (Phi) is 5.78. The molecular formula is C22H27N2OP. The van der Waals surface area contributed by atoms with Gasteiger partial charge in [0.15, 0.2) is 0 Å². The van der Waals surface area contributed by atoms with E-state index in [0.717, 1.165) is 17.1 Å². The molecule has 1 aliphatic carbocycles. The van der Waals surface area contributed by atoms with Gasteiger partial charge in [0.1, 0.15) is 0 Å². The summed E-state index contributed by atoms with van der Waals surface area (Å²) in [7, 11) is 3.02. The number of para-hydroxylation sites is 2. The summed E-state index contributed by atoms with van der Waals surface area (Å²) in [5.41, 5.74) is 4.05. The van der Waals surface area contributed by atoms with Gasteiger partial charge in [-0.1, -0.05) is 37.8 Å². The zero-order chi connectivity index (χ0) is 18.6. The van der Waals surface area contributed by atoms with Gasteiger partial charge in [-0.2, -0.15) is 0 Å². The topological polar surface area (TPSA) is 41.1 Å². The van der Waals surface area contributed by atoms with Crippen molar-refractivity contribution in [2.24, 2.45) is 0 Å². The molecule has 1 fully saturated rings. The van der Waals surface area contributed by atoms with Gasteiger partial charge in [-0.25, -0.2) is 0 Å². The fraction of sp³-hybridized carbons (Fsp3) is 0.318. The Morgan fingerprint density at radius 2 is 1.73 bits per heavy atom. The average molecular weight is 366 g/mol. The Balaban J connectivity index is 1.69. The highest BCUT2D eigenvalue weighted by Gasteiger charge is 2.27. The fourth-order valence-electron chi connectivity index (χ4n) is 3.49. The summed E-state index contributed by atoms with van der Waals surface area (Å²) >= 11 is 0. The molecule has 1 atom stereocenters. The Labute approximate surface area is 158 Å². The van der Waals surface area contributed by atoms with E-state index in [1.807, 2.05) is 24.3 Å². The summed E-state index contributed by atoms with van der Waals surface area (Å²) in [6.07, 6.45) is 6.30. The minimum Gasteiger partial charge on any atom is -0.354 e. The highest BCUT2D eigenvalue weighted by atomic mass is 31.0. The van der Waals surface area contributed by atoms with Gasteiger partial charge < -0.3 is 10.6 Å². The predicted molar refractivity (Wildman–Crippen MR) is 114 cm³/mol. The molecular weight excluding hydrogens is 339 g/mol. The first kappa shape index (κ1) is 18.7. The van der Waals surface area contributed by atoms with Crippen LogP contribution in [0.5, 0.6) is 0 Å². The van der Waals surface area contributed by atoms with E-state index < -0.39 is 0 Å². The minimum atomic E-state index is -0.215. The molecule has 136 valence electrons. The second kappa shape index (κ2) is 8.05. The van der Waals surface area contributed by atoms with Crippen molar-refractivity contribution in [2.45, 2.75) is 43.7 Å². The van der Waals surface area contributed by atoms with Crippen molar-refractivity contribution in [3.63, 3.8) is 0 Å². The number of carbonyl (C=O) groups excluding carboxylic acids is 1. The van der Waals surface area contributed by atoms with E-state index in [9.17, 15) is 4.79 Å². The smallest absolute Gasteiger partial charge is 0.247 e. The van der Waals surface area contributed by atoms with Gasteiger partial charge in [-0.3, -0.25) is 4.79 Å². The van der Waals surface area contributed by atoms with Crippen LogP contribution in [0.3, 0.4) is 0 Å². The first-order valence-corrected chi connectivity index (χ1v) is 9.73. The lowest BCUT2D eigenvalue weighted by Crippen LogP contribution is -2.23. The zero-order valence-corrected chi connectivity index (χ0v) is 16.4. The Morgan fingerprint density at radius 1 is 1.12 bits per heavy atom. The lowest BCUT2D eigenvalue weighted by atomic mass is 9.79. The monoisotopic (exact) mass is 366 g/mol. The van der Waals surface area contributed by atoms with Gasteiger partial charge in [0.2, 0.25) is 5.91 Å². The summed E-state index contributed by atoms with van der Waals surface area (Å²) in [5.74, 6) is 0.449.